The summed E-state index contributed by atoms with van der Waals surface area (Å²) in [6.07, 6.45) is -4.71. The number of hydrogen-bond acceptors (Lipinski definition) is 3. The van der Waals surface area contributed by atoms with Crippen LogP contribution >= 0.6 is 27.5 Å². The van der Waals surface area contributed by atoms with E-state index in [4.69, 9.17) is 16.3 Å². The molecule has 1 heterocycles. The molecule has 0 aliphatic heterocycles. The molecule has 22 heavy (non-hydrogen) atoms. The van der Waals surface area contributed by atoms with E-state index in [2.05, 4.69) is 20.9 Å². The quantitative estimate of drug-likeness (QED) is 0.744. The Balaban J connectivity index is 3.13. The van der Waals surface area contributed by atoms with Crippen LogP contribution in [0.5, 0.6) is 0 Å². The third kappa shape index (κ3) is 5.64. The van der Waals surface area contributed by atoms with Crippen molar-refractivity contribution in [2.75, 3.05) is 0 Å². The van der Waals surface area contributed by atoms with Crippen LogP contribution in [-0.4, -0.2) is 22.9 Å². The minimum Gasteiger partial charge on any atom is -0.444 e. The third-order valence-corrected chi connectivity index (χ3v) is 3.10. The lowest BCUT2D eigenvalue weighted by Gasteiger charge is -2.25. The maximum Gasteiger partial charge on any atom is 0.414 e. The average Bonchev–Trinajstić information content (AvgIpc) is 2.32. The van der Waals surface area contributed by atoms with E-state index in [1.54, 1.807) is 26.1 Å². The van der Waals surface area contributed by atoms with Gasteiger partial charge in [0.2, 0.25) is 0 Å². The molecule has 1 atom stereocenters. The number of nitrogens with one attached hydrogen (secondary N) is 1. The minimum absolute atomic E-state index is 0.162. The van der Waals surface area contributed by atoms with Crippen LogP contribution in [0.25, 0.3) is 0 Å². The number of halogens is 5. The molecular weight excluding hydrogens is 389 g/mol. The molecule has 0 aromatic carbocycles. The first-order valence-corrected chi connectivity index (χ1v) is 7.53. The second-order valence-electron chi connectivity index (χ2n) is 5.45. The lowest BCUT2D eigenvalue weighted by atomic mass is 10.1. The number of pyridine rings is 1. The lowest BCUT2D eigenvalue weighted by Crippen LogP contribution is -2.41. The lowest BCUT2D eigenvalue weighted by molar-refractivity contribution is -0.157. The van der Waals surface area contributed by atoms with E-state index < -0.39 is 23.9 Å². The summed E-state index contributed by atoms with van der Waals surface area (Å²) >= 11 is 8.78. The highest BCUT2D eigenvalue weighted by molar-refractivity contribution is 9.10. The van der Waals surface area contributed by atoms with Crippen LogP contribution in [0.3, 0.4) is 0 Å². The molecule has 9 heteroatoms. The van der Waals surface area contributed by atoms with Crippen LogP contribution in [-0.2, 0) is 10.6 Å². The van der Waals surface area contributed by atoms with Crippen molar-refractivity contribution in [1.82, 2.24) is 10.3 Å². The van der Waals surface area contributed by atoms with Crippen molar-refractivity contribution < 1.29 is 22.7 Å². The number of carbonyl (C=O) groups excluding carboxylic acids is 1. The van der Waals surface area contributed by atoms with Gasteiger partial charge in [-0.05, 0) is 48.3 Å². The number of alkyl carbamates (subject to hydrolysis) is 1. The number of alkyl halides is 4. The van der Waals surface area contributed by atoms with Gasteiger partial charge in [-0.15, -0.1) is 11.6 Å². The van der Waals surface area contributed by atoms with Gasteiger partial charge < -0.3 is 10.1 Å². The van der Waals surface area contributed by atoms with Crippen LogP contribution in [0.2, 0.25) is 0 Å². The first kappa shape index (κ1) is 19.0. The second kappa shape index (κ2) is 7.04. The number of rotatable bonds is 3. The Morgan fingerprint density at radius 2 is 2.05 bits per heavy atom. The standard InChI is InChI=1S/C13H15BrClF3N2O2/c1-12(2,3)22-11(21)20-10(13(16,17)18)9-7(5-15)4-8(14)6-19-9/h4,6,10H,5H2,1-3H3,(H,20,21). The molecule has 1 N–H and O–H groups in total. The van der Waals surface area contributed by atoms with Crippen LogP contribution in [0.1, 0.15) is 38.1 Å². The first-order chi connectivity index (χ1) is 9.94. The fourth-order valence-corrected chi connectivity index (χ4v) is 2.18. The summed E-state index contributed by atoms with van der Waals surface area (Å²) in [6, 6.07) is -0.880. The predicted molar refractivity (Wildman–Crippen MR) is 79.7 cm³/mol. The molecule has 0 bridgehead atoms. The SMILES string of the molecule is CC(C)(C)OC(=O)NC(c1ncc(Br)cc1CCl)C(F)(F)F. The number of amides is 1. The predicted octanol–water partition coefficient (Wildman–Crippen LogP) is 4.71. The summed E-state index contributed by atoms with van der Waals surface area (Å²) in [7, 11) is 0. The average molecular weight is 404 g/mol. The summed E-state index contributed by atoms with van der Waals surface area (Å²) in [5.41, 5.74) is -1.12. The van der Waals surface area contributed by atoms with Gasteiger partial charge in [0.05, 0.1) is 5.69 Å². The largest absolute Gasteiger partial charge is 0.444 e. The molecule has 0 aliphatic carbocycles. The van der Waals surface area contributed by atoms with Crippen molar-refractivity contribution in [3.8, 4) is 0 Å². The van der Waals surface area contributed by atoms with Crippen LogP contribution in [0.4, 0.5) is 18.0 Å². The van der Waals surface area contributed by atoms with Crippen LogP contribution < -0.4 is 5.32 Å². The molecule has 124 valence electrons. The van der Waals surface area contributed by atoms with Crippen molar-refractivity contribution >= 4 is 33.6 Å². The molecule has 1 unspecified atom stereocenters. The molecule has 1 aromatic rings. The van der Waals surface area contributed by atoms with E-state index >= 15 is 0 Å². The minimum atomic E-state index is -4.74. The Kier molecular flexibility index (Phi) is 6.09. The van der Waals surface area contributed by atoms with E-state index in [9.17, 15) is 18.0 Å². The Morgan fingerprint density at radius 3 is 2.50 bits per heavy atom. The van der Waals surface area contributed by atoms with E-state index in [-0.39, 0.29) is 17.1 Å². The van der Waals surface area contributed by atoms with E-state index in [0.29, 0.717) is 4.47 Å². The number of hydrogen-bond donors (Lipinski definition) is 1. The Bertz CT molecular complexity index is 547. The van der Waals surface area contributed by atoms with Gasteiger partial charge in [-0.3, -0.25) is 4.98 Å². The molecule has 0 aliphatic rings. The summed E-state index contributed by atoms with van der Waals surface area (Å²) in [6.45, 7) is 4.66. The number of nitrogens with zero attached hydrogens (tertiary/aromatic N) is 1. The first-order valence-electron chi connectivity index (χ1n) is 6.20. The smallest absolute Gasteiger partial charge is 0.414 e. The normalized spacial score (nSPS) is 13.6. The maximum absolute atomic E-state index is 13.3. The van der Waals surface area contributed by atoms with E-state index in [1.165, 1.54) is 12.3 Å². The van der Waals surface area contributed by atoms with E-state index in [0.717, 1.165) is 0 Å². The summed E-state index contributed by atoms with van der Waals surface area (Å²) in [4.78, 5) is 15.4. The number of aromatic nitrogens is 1. The van der Waals surface area contributed by atoms with Gasteiger partial charge in [0.25, 0.3) is 0 Å². The van der Waals surface area contributed by atoms with Crippen LogP contribution in [0, 0.1) is 0 Å². The van der Waals surface area contributed by atoms with Gasteiger partial charge in [-0.1, -0.05) is 0 Å². The Morgan fingerprint density at radius 1 is 1.45 bits per heavy atom. The second-order valence-corrected chi connectivity index (χ2v) is 6.64. The van der Waals surface area contributed by atoms with E-state index in [1.807, 2.05) is 0 Å². The van der Waals surface area contributed by atoms with Crippen molar-refractivity contribution in [3.63, 3.8) is 0 Å². The molecule has 0 saturated carbocycles. The van der Waals surface area contributed by atoms with Crippen molar-refractivity contribution in [2.45, 2.75) is 44.5 Å². The molecule has 0 fully saturated rings. The fraction of sp³-hybridized carbons (Fsp3) is 0.538. The van der Waals surface area contributed by atoms with Gasteiger partial charge in [-0.2, -0.15) is 13.2 Å². The maximum atomic E-state index is 13.3. The summed E-state index contributed by atoms with van der Waals surface area (Å²) in [5, 5.41) is 1.80. The van der Waals surface area contributed by atoms with Gasteiger partial charge in [0.15, 0.2) is 6.04 Å². The molecule has 0 spiro atoms. The fourth-order valence-electron chi connectivity index (χ4n) is 1.59. The Hall–Kier alpha value is -1.02. The molecule has 0 saturated heterocycles. The molecule has 1 aromatic heterocycles. The summed E-state index contributed by atoms with van der Waals surface area (Å²) < 4.78 is 45.1. The number of carbonyl (C=O) groups is 1. The third-order valence-electron chi connectivity index (χ3n) is 2.37. The van der Waals surface area contributed by atoms with Gasteiger partial charge >= 0.3 is 12.3 Å². The topological polar surface area (TPSA) is 51.2 Å². The highest BCUT2D eigenvalue weighted by atomic mass is 79.9. The highest BCUT2D eigenvalue weighted by Gasteiger charge is 2.44. The van der Waals surface area contributed by atoms with Crippen molar-refractivity contribution in [1.29, 1.82) is 0 Å². The number of ether oxygens (including phenoxy) is 1. The molecule has 0 radical (unpaired) electrons. The Labute approximate surface area is 139 Å². The molecule has 1 rings (SSSR count). The highest BCUT2D eigenvalue weighted by Crippen LogP contribution is 2.34. The van der Waals surface area contributed by atoms with Crippen molar-refractivity contribution in [3.05, 3.63) is 28.0 Å². The van der Waals surface area contributed by atoms with Crippen molar-refractivity contribution in [2.24, 2.45) is 0 Å². The monoisotopic (exact) mass is 402 g/mol. The van der Waals surface area contributed by atoms with Gasteiger partial charge in [-0.25, -0.2) is 4.79 Å². The zero-order valence-electron chi connectivity index (χ0n) is 12.1. The molecular formula is C13H15BrClF3N2O2. The zero-order valence-corrected chi connectivity index (χ0v) is 14.4. The molecule has 4 nitrogen and oxygen atoms in total. The van der Waals surface area contributed by atoms with Crippen LogP contribution in [0.15, 0.2) is 16.7 Å². The zero-order chi connectivity index (χ0) is 17.1. The van der Waals surface area contributed by atoms with Gasteiger partial charge in [0, 0.05) is 16.5 Å². The molecule has 1 amide bonds. The van der Waals surface area contributed by atoms with Gasteiger partial charge in [0.1, 0.15) is 5.60 Å². The summed E-state index contributed by atoms with van der Waals surface area (Å²) in [5.74, 6) is -0.176.